The number of amides is 3. The van der Waals surface area contributed by atoms with Gasteiger partial charge in [-0.3, -0.25) is 4.79 Å². The molecule has 2 fully saturated rings. The number of benzene rings is 1. The lowest BCUT2D eigenvalue weighted by molar-refractivity contribution is -0.137. The molecule has 5 nitrogen and oxygen atoms in total. The second-order valence-electron chi connectivity index (χ2n) is 6.01. The third-order valence-corrected chi connectivity index (χ3v) is 4.32. The maximum Gasteiger partial charge on any atom is 0.416 e. The van der Waals surface area contributed by atoms with Crippen molar-refractivity contribution in [3.8, 4) is 0 Å². The first-order valence-corrected chi connectivity index (χ1v) is 7.32. The Morgan fingerprint density at radius 1 is 1.30 bits per heavy atom. The third-order valence-electron chi connectivity index (χ3n) is 4.32. The summed E-state index contributed by atoms with van der Waals surface area (Å²) in [4.78, 5) is 25.1. The fraction of sp³-hybridized carbons (Fsp3) is 0.467. The number of rotatable bonds is 1. The standard InChI is InChI=1S/C15H16F3N3O2/c16-15(17,18)10-2-1-3-11(8-10)19-13(23)21-7-6-14(9-21)5-4-12(22)20-14/h1-3,8H,4-7,9H2,(H,19,23)(H,20,22). The zero-order valence-electron chi connectivity index (χ0n) is 12.2. The highest BCUT2D eigenvalue weighted by Gasteiger charge is 2.44. The molecule has 0 aromatic heterocycles. The maximum absolute atomic E-state index is 12.7. The molecule has 1 aromatic carbocycles. The smallest absolute Gasteiger partial charge is 0.349 e. The Labute approximate surface area is 130 Å². The van der Waals surface area contributed by atoms with Gasteiger partial charge in [0.2, 0.25) is 5.91 Å². The van der Waals surface area contributed by atoms with Crippen LogP contribution in [0.5, 0.6) is 0 Å². The number of nitrogens with one attached hydrogen (secondary N) is 2. The Hall–Kier alpha value is -2.25. The molecule has 0 bridgehead atoms. The maximum atomic E-state index is 12.7. The van der Waals surface area contributed by atoms with Crippen molar-refractivity contribution in [1.82, 2.24) is 10.2 Å². The highest BCUT2D eigenvalue weighted by atomic mass is 19.4. The number of hydrogen-bond acceptors (Lipinski definition) is 2. The van der Waals surface area contributed by atoms with Gasteiger partial charge in [0.25, 0.3) is 0 Å². The molecular weight excluding hydrogens is 311 g/mol. The zero-order chi connectivity index (χ0) is 16.7. The predicted octanol–water partition coefficient (Wildman–Crippen LogP) is 2.59. The number of hydrogen-bond donors (Lipinski definition) is 2. The van der Waals surface area contributed by atoms with E-state index in [1.165, 1.54) is 17.0 Å². The summed E-state index contributed by atoms with van der Waals surface area (Å²) in [5, 5.41) is 5.39. The number of likely N-dealkylation sites (tertiary alicyclic amines) is 1. The number of alkyl halides is 3. The van der Waals surface area contributed by atoms with Gasteiger partial charge in [0.15, 0.2) is 0 Å². The first kappa shape index (κ1) is 15.6. The average Bonchev–Trinajstić information content (AvgIpc) is 3.05. The molecule has 8 heteroatoms. The van der Waals surface area contributed by atoms with Gasteiger partial charge in [0.05, 0.1) is 11.1 Å². The normalized spacial score (nSPS) is 24.1. The van der Waals surface area contributed by atoms with Crippen LogP contribution in [0.3, 0.4) is 0 Å². The van der Waals surface area contributed by atoms with Crippen LogP contribution in [-0.4, -0.2) is 35.5 Å². The van der Waals surface area contributed by atoms with Crippen molar-refractivity contribution in [2.24, 2.45) is 0 Å². The summed E-state index contributed by atoms with van der Waals surface area (Å²) >= 11 is 0. The summed E-state index contributed by atoms with van der Waals surface area (Å²) in [5.74, 6) is -0.0230. The summed E-state index contributed by atoms with van der Waals surface area (Å²) in [7, 11) is 0. The van der Waals surface area contributed by atoms with E-state index in [1.807, 2.05) is 0 Å². The van der Waals surface area contributed by atoms with Gasteiger partial charge in [-0.1, -0.05) is 6.07 Å². The molecular formula is C15H16F3N3O2. The summed E-state index contributed by atoms with van der Waals surface area (Å²) in [5.41, 5.74) is -1.08. The van der Waals surface area contributed by atoms with E-state index in [-0.39, 0.29) is 17.1 Å². The number of nitrogens with zero attached hydrogens (tertiary/aromatic N) is 1. The van der Waals surface area contributed by atoms with Crippen molar-refractivity contribution in [2.45, 2.75) is 31.0 Å². The van der Waals surface area contributed by atoms with Crippen molar-refractivity contribution in [3.05, 3.63) is 29.8 Å². The van der Waals surface area contributed by atoms with Gasteiger partial charge in [0.1, 0.15) is 0 Å². The second-order valence-corrected chi connectivity index (χ2v) is 6.01. The predicted molar refractivity (Wildman–Crippen MR) is 76.8 cm³/mol. The van der Waals surface area contributed by atoms with E-state index in [9.17, 15) is 22.8 Å². The molecule has 2 aliphatic rings. The number of halogens is 3. The molecule has 1 aromatic rings. The Balaban J connectivity index is 1.65. The highest BCUT2D eigenvalue weighted by molar-refractivity contribution is 5.90. The van der Waals surface area contributed by atoms with E-state index >= 15 is 0 Å². The summed E-state index contributed by atoms with van der Waals surface area (Å²) in [6, 6.07) is 4.06. The fourth-order valence-electron chi connectivity index (χ4n) is 3.10. The largest absolute Gasteiger partial charge is 0.416 e. The summed E-state index contributed by atoms with van der Waals surface area (Å²) in [6.07, 6.45) is -2.66. The molecule has 0 radical (unpaired) electrons. The number of carbonyl (C=O) groups is 2. The molecule has 3 rings (SSSR count). The van der Waals surface area contributed by atoms with Crippen molar-refractivity contribution in [1.29, 1.82) is 0 Å². The minimum Gasteiger partial charge on any atom is -0.349 e. The molecule has 1 atom stereocenters. The first-order valence-electron chi connectivity index (χ1n) is 7.32. The second kappa shape index (κ2) is 5.43. The van der Waals surface area contributed by atoms with E-state index in [0.717, 1.165) is 12.1 Å². The number of urea groups is 1. The first-order chi connectivity index (χ1) is 10.8. The number of anilines is 1. The monoisotopic (exact) mass is 327 g/mol. The third kappa shape index (κ3) is 3.25. The van der Waals surface area contributed by atoms with Crippen molar-refractivity contribution >= 4 is 17.6 Å². The molecule has 23 heavy (non-hydrogen) atoms. The molecule has 1 unspecified atom stereocenters. The Morgan fingerprint density at radius 2 is 2.09 bits per heavy atom. The van der Waals surface area contributed by atoms with Crippen LogP contribution in [0.25, 0.3) is 0 Å². The fourth-order valence-corrected chi connectivity index (χ4v) is 3.10. The van der Waals surface area contributed by atoms with Gasteiger partial charge in [-0.05, 0) is 31.0 Å². The van der Waals surface area contributed by atoms with Crippen molar-refractivity contribution < 1.29 is 22.8 Å². The van der Waals surface area contributed by atoms with Crippen LogP contribution in [-0.2, 0) is 11.0 Å². The minimum absolute atomic E-state index is 0.0230. The molecule has 124 valence electrons. The van der Waals surface area contributed by atoms with Crippen molar-refractivity contribution in [3.63, 3.8) is 0 Å². The summed E-state index contributed by atoms with van der Waals surface area (Å²) < 4.78 is 38.0. The molecule has 2 aliphatic heterocycles. The van der Waals surface area contributed by atoms with Crippen LogP contribution in [0.4, 0.5) is 23.7 Å². The van der Waals surface area contributed by atoms with E-state index < -0.39 is 17.8 Å². The molecule has 1 spiro atoms. The van der Waals surface area contributed by atoms with E-state index in [1.54, 1.807) is 0 Å². The minimum atomic E-state index is -4.45. The Morgan fingerprint density at radius 3 is 2.74 bits per heavy atom. The van der Waals surface area contributed by atoms with Gasteiger partial charge < -0.3 is 15.5 Å². The average molecular weight is 327 g/mol. The van der Waals surface area contributed by atoms with E-state index in [4.69, 9.17) is 0 Å². The number of carbonyl (C=O) groups excluding carboxylic acids is 2. The lowest BCUT2D eigenvalue weighted by Crippen LogP contribution is -2.45. The SMILES string of the molecule is O=C1CCC2(CCN(C(=O)Nc3cccc(C(F)(F)F)c3)C2)N1. The summed E-state index contributed by atoms with van der Waals surface area (Å²) in [6.45, 7) is 0.842. The zero-order valence-corrected chi connectivity index (χ0v) is 12.2. The Kier molecular flexibility index (Phi) is 3.69. The lowest BCUT2D eigenvalue weighted by atomic mass is 9.97. The van der Waals surface area contributed by atoms with Crippen LogP contribution >= 0.6 is 0 Å². The molecule has 0 saturated carbocycles. The molecule has 0 aliphatic carbocycles. The quantitative estimate of drug-likeness (QED) is 0.833. The molecule has 3 amide bonds. The van der Waals surface area contributed by atoms with E-state index in [0.29, 0.717) is 32.4 Å². The van der Waals surface area contributed by atoms with Crippen LogP contribution in [0.15, 0.2) is 24.3 Å². The van der Waals surface area contributed by atoms with Gasteiger partial charge >= 0.3 is 12.2 Å². The van der Waals surface area contributed by atoms with Gasteiger partial charge in [-0.15, -0.1) is 0 Å². The Bertz CT molecular complexity index is 647. The van der Waals surface area contributed by atoms with Gasteiger partial charge in [-0.2, -0.15) is 13.2 Å². The van der Waals surface area contributed by atoms with Crippen LogP contribution in [0, 0.1) is 0 Å². The lowest BCUT2D eigenvalue weighted by Gasteiger charge is -2.24. The van der Waals surface area contributed by atoms with Gasteiger partial charge in [0, 0.05) is 25.2 Å². The molecule has 2 heterocycles. The van der Waals surface area contributed by atoms with Crippen LogP contribution < -0.4 is 10.6 Å². The molecule has 2 N–H and O–H groups in total. The van der Waals surface area contributed by atoms with Crippen LogP contribution in [0.1, 0.15) is 24.8 Å². The van der Waals surface area contributed by atoms with E-state index in [2.05, 4.69) is 10.6 Å². The van der Waals surface area contributed by atoms with Crippen LogP contribution in [0.2, 0.25) is 0 Å². The van der Waals surface area contributed by atoms with Crippen molar-refractivity contribution in [2.75, 3.05) is 18.4 Å². The van der Waals surface area contributed by atoms with Gasteiger partial charge in [-0.25, -0.2) is 4.79 Å². The molecule has 2 saturated heterocycles. The topological polar surface area (TPSA) is 61.4 Å². The highest BCUT2D eigenvalue weighted by Crippen LogP contribution is 2.32.